The lowest BCUT2D eigenvalue weighted by Crippen LogP contribution is -2.33. The van der Waals surface area contributed by atoms with Crippen molar-refractivity contribution in [3.05, 3.63) is 89.1 Å². The zero-order valence-corrected chi connectivity index (χ0v) is 19.8. The Balaban J connectivity index is 1.77. The third-order valence-corrected chi connectivity index (χ3v) is 5.58. The van der Waals surface area contributed by atoms with Crippen LogP contribution in [-0.4, -0.2) is 25.0 Å². The normalized spacial score (nSPS) is 13.5. The van der Waals surface area contributed by atoms with Gasteiger partial charge in [0.1, 0.15) is 17.2 Å². The molecule has 0 saturated carbocycles. The first-order valence-corrected chi connectivity index (χ1v) is 11.4. The van der Waals surface area contributed by atoms with Crippen molar-refractivity contribution in [3.8, 4) is 11.5 Å². The fourth-order valence-corrected chi connectivity index (χ4v) is 3.92. The molecule has 3 aromatic carbocycles. The van der Waals surface area contributed by atoms with Gasteiger partial charge in [0, 0.05) is 5.69 Å². The van der Waals surface area contributed by atoms with Crippen molar-refractivity contribution in [2.24, 2.45) is 0 Å². The number of benzene rings is 3. The van der Waals surface area contributed by atoms with Crippen LogP contribution in [0.2, 0.25) is 0 Å². The van der Waals surface area contributed by atoms with Gasteiger partial charge in [0.05, 0.1) is 24.5 Å². The lowest BCUT2D eigenvalue weighted by Gasteiger charge is -2.18. The first-order valence-electron chi connectivity index (χ1n) is 11.4. The van der Waals surface area contributed by atoms with E-state index in [1.807, 2.05) is 70.2 Å². The van der Waals surface area contributed by atoms with Crippen LogP contribution < -0.4 is 19.7 Å². The summed E-state index contributed by atoms with van der Waals surface area (Å²) in [5, 5.41) is 3.19. The third-order valence-electron chi connectivity index (χ3n) is 5.58. The number of hydrogen-bond acceptors (Lipinski definition) is 5. The molecule has 174 valence electrons. The maximum atomic E-state index is 13.7. The van der Waals surface area contributed by atoms with Crippen LogP contribution in [0, 0.1) is 13.8 Å². The van der Waals surface area contributed by atoms with Crippen LogP contribution >= 0.6 is 0 Å². The molecular formula is C28H28N2O4. The predicted octanol–water partition coefficient (Wildman–Crippen LogP) is 5.50. The van der Waals surface area contributed by atoms with E-state index in [0.717, 1.165) is 16.9 Å². The molecule has 34 heavy (non-hydrogen) atoms. The second-order valence-electron chi connectivity index (χ2n) is 8.03. The number of rotatable bonds is 8. The van der Waals surface area contributed by atoms with Gasteiger partial charge in [-0.15, -0.1) is 0 Å². The molecule has 0 spiro atoms. The summed E-state index contributed by atoms with van der Waals surface area (Å²) in [7, 11) is 0. The number of amides is 2. The van der Waals surface area contributed by atoms with E-state index in [-0.39, 0.29) is 11.6 Å². The van der Waals surface area contributed by atoms with Crippen molar-refractivity contribution >= 4 is 28.8 Å². The predicted molar refractivity (Wildman–Crippen MR) is 134 cm³/mol. The van der Waals surface area contributed by atoms with Gasteiger partial charge in [-0.3, -0.25) is 9.59 Å². The molecule has 2 amide bonds. The Morgan fingerprint density at radius 3 is 1.94 bits per heavy atom. The molecular weight excluding hydrogens is 428 g/mol. The number of nitrogens with one attached hydrogen (secondary N) is 1. The summed E-state index contributed by atoms with van der Waals surface area (Å²) < 4.78 is 11.0. The first-order chi connectivity index (χ1) is 16.4. The highest BCUT2D eigenvalue weighted by Gasteiger charge is 2.40. The van der Waals surface area contributed by atoms with Gasteiger partial charge in [0.25, 0.3) is 11.8 Å². The summed E-state index contributed by atoms with van der Waals surface area (Å²) in [6.45, 7) is 8.78. The number of aryl methyl sites for hydroxylation is 2. The fraction of sp³-hybridized carbons (Fsp3) is 0.214. The summed E-state index contributed by atoms with van der Waals surface area (Å²) in [5.41, 5.74) is 4.29. The molecule has 0 aromatic heterocycles. The highest BCUT2D eigenvalue weighted by Crippen LogP contribution is 2.36. The van der Waals surface area contributed by atoms with E-state index in [9.17, 15) is 9.59 Å². The molecule has 1 aliphatic heterocycles. The Bertz CT molecular complexity index is 1240. The maximum Gasteiger partial charge on any atom is 0.282 e. The second kappa shape index (κ2) is 9.83. The van der Waals surface area contributed by atoms with E-state index in [4.69, 9.17) is 9.47 Å². The van der Waals surface area contributed by atoms with Crippen LogP contribution in [-0.2, 0) is 9.59 Å². The van der Waals surface area contributed by atoms with Crippen molar-refractivity contribution < 1.29 is 19.1 Å². The maximum absolute atomic E-state index is 13.7. The number of ether oxygens (including phenoxy) is 2. The average Bonchev–Trinajstić information content (AvgIpc) is 3.07. The lowest BCUT2D eigenvalue weighted by atomic mass is 10.0. The fourth-order valence-electron chi connectivity index (χ4n) is 3.92. The zero-order chi connectivity index (χ0) is 24.2. The van der Waals surface area contributed by atoms with Crippen molar-refractivity contribution in [1.82, 2.24) is 0 Å². The molecule has 1 N–H and O–H groups in total. The van der Waals surface area contributed by atoms with Gasteiger partial charge in [-0.1, -0.05) is 24.3 Å². The summed E-state index contributed by atoms with van der Waals surface area (Å²) in [6, 6.07) is 20.3. The molecule has 6 nitrogen and oxygen atoms in total. The van der Waals surface area contributed by atoms with Crippen molar-refractivity contribution in [2.45, 2.75) is 27.7 Å². The van der Waals surface area contributed by atoms with Crippen LogP contribution in [0.4, 0.5) is 11.4 Å². The van der Waals surface area contributed by atoms with E-state index in [2.05, 4.69) is 5.32 Å². The van der Waals surface area contributed by atoms with Crippen LogP contribution in [0.3, 0.4) is 0 Å². The Morgan fingerprint density at radius 2 is 1.35 bits per heavy atom. The van der Waals surface area contributed by atoms with Gasteiger partial charge in [-0.2, -0.15) is 0 Å². The summed E-state index contributed by atoms with van der Waals surface area (Å²) in [4.78, 5) is 28.6. The highest BCUT2D eigenvalue weighted by molar-refractivity contribution is 6.46. The van der Waals surface area contributed by atoms with Gasteiger partial charge < -0.3 is 14.8 Å². The quantitative estimate of drug-likeness (QED) is 0.454. The minimum atomic E-state index is -0.392. The molecule has 4 rings (SSSR count). The molecule has 3 aromatic rings. The number of nitrogens with zero attached hydrogens (tertiary/aromatic N) is 1. The molecule has 6 heteroatoms. The molecule has 0 unspecified atom stereocenters. The standard InChI is InChI=1S/C28H28N2O4/c1-5-33-22-13-9-20(10-14-22)25-26(29-21-11-15-23(16-12-21)34-6-2)28(32)30(27(25)31)24-17-18(3)7-8-19(24)4/h7-17,29H,5-6H2,1-4H3. The number of carbonyl (C=O) groups is 2. The van der Waals surface area contributed by atoms with Crippen molar-refractivity contribution in [2.75, 3.05) is 23.4 Å². The Labute approximate surface area is 199 Å². The van der Waals surface area contributed by atoms with Crippen LogP contribution in [0.5, 0.6) is 11.5 Å². The average molecular weight is 457 g/mol. The SMILES string of the molecule is CCOc1ccc(NC2=C(c3ccc(OCC)cc3)C(=O)N(c3cc(C)ccc3C)C2=O)cc1. The summed E-state index contributed by atoms with van der Waals surface area (Å²) in [6.07, 6.45) is 0. The number of hydrogen-bond donors (Lipinski definition) is 1. The van der Waals surface area contributed by atoms with E-state index in [1.54, 1.807) is 24.3 Å². The minimum Gasteiger partial charge on any atom is -0.494 e. The van der Waals surface area contributed by atoms with E-state index in [0.29, 0.717) is 41.5 Å². The first kappa shape index (κ1) is 23.1. The molecule has 0 bridgehead atoms. The van der Waals surface area contributed by atoms with Crippen LogP contribution in [0.15, 0.2) is 72.4 Å². The smallest absolute Gasteiger partial charge is 0.282 e. The topological polar surface area (TPSA) is 67.9 Å². The molecule has 0 saturated heterocycles. The molecule has 0 atom stereocenters. The Morgan fingerprint density at radius 1 is 0.765 bits per heavy atom. The monoisotopic (exact) mass is 456 g/mol. The molecule has 0 fully saturated rings. The van der Waals surface area contributed by atoms with Gasteiger partial charge in [0.15, 0.2) is 0 Å². The van der Waals surface area contributed by atoms with Crippen molar-refractivity contribution in [3.63, 3.8) is 0 Å². The van der Waals surface area contributed by atoms with E-state index >= 15 is 0 Å². The molecule has 1 aliphatic rings. The van der Waals surface area contributed by atoms with Crippen LogP contribution in [0.25, 0.3) is 5.57 Å². The number of anilines is 2. The summed E-state index contributed by atoms with van der Waals surface area (Å²) in [5.74, 6) is 0.684. The van der Waals surface area contributed by atoms with Gasteiger partial charge in [-0.25, -0.2) is 4.90 Å². The largest absolute Gasteiger partial charge is 0.494 e. The van der Waals surface area contributed by atoms with Crippen LogP contribution in [0.1, 0.15) is 30.5 Å². The minimum absolute atomic E-state index is 0.235. The highest BCUT2D eigenvalue weighted by atomic mass is 16.5. The van der Waals surface area contributed by atoms with Gasteiger partial charge in [0.2, 0.25) is 0 Å². The molecule has 0 radical (unpaired) electrons. The number of carbonyl (C=O) groups excluding carboxylic acids is 2. The number of imide groups is 1. The third kappa shape index (κ3) is 4.53. The van der Waals surface area contributed by atoms with E-state index < -0.39 is 5.91 Å². The van der Waals surface area contributed by atoms with Gasteiger partial charge >= 0.3 is 0 Å². The Kier molecular flexibility index (Phi) is 6.68. The molecule has 1 heterocycles. The second-order valence-corrected chi connectivity index (χ2v) is 8.03. The van der Waals surface area contributed by atoms with Gasteiger partial charge in [-0.05, 0) is 86.8 Å². The summed E-state index contributed by atoms with van der Waals surface area (Å²) >= 11 is 0. The molecule has 0 aliphatic carbocycles. The lowest BCUT2D eigenvalue weighted by molar-refractivity contribution is -0.120. The van der Waals surface area contributed by atoms with Crippen molar-refractivity contribution in [1.29, 1.82) is 0 Å². The zero-order valence-electron chi connectivity index (χ0n) is 19.8. The Hall–Kier alpha value is -4.06. The van der Waals surface area contributed by atoms with E-state index in [1.165, 1.54) is 4.90 Å².